The topological polar surface area (TPSA) is 78.9 Å². The van der Waals surface area contributed by atoms with E-state index in [1.807, 2.05) is 37.3 Å². The molecule has 0 atom stereocenters. The van der Waals surface area contributed by atoms with Gasteiger partial charge in [-0.25, -0.2) is 9.59 Å². The average molecular weight is 426 g/mol. The molecule has 0 radical (unpaired) electrons. The van der Waals surface area contributed by atoms with Crippen molar-refractivity contribution in [2.24, 2.45) is 0 Å². The predicted molar refractivity (Wildman–Crippen MR) is 120 cm³/mol. The van der Waals surface area contributed by atoms with Gasteiger partial charge in [-0.05, 0) is 48.9 Å². The molecule has 3 aromatic carbocycles. The molecule has 6 nitrogen and oxygen atoms in total. The average Bonchev–Trinajstić information content (AvgIpc) is 3.23. The molecule has 5 rings (SSSR count). The largest absolute Gasteiger partial charge is 0.493 e. The Morgan fingerprint density at radius 1 is 0.906 bits per heavy atom. The Kier molecular flexibility index (Phi) is 4.75. The molecule has 0 saturated carbocycles. The zero-order valence-corrected chi connectivity index (χ0v) is 17.4. The number of ether oxygens (including phenoxy) is 2. The van der Waals surface area contributed by atoms with Crippen molar-refractivity contribution in [3.05, 3.63) is 94.3 Å². The summed E-state index contributed by atoms with van der Waals surface area (Å²) in [5.74, 6) is 0.933. The molecule has 0 spiro atoms. The van der Waals surface area contributed by atoms with Crippen molar-refractivity contribution in [1.82, 2.24) is 0 Å². The van der Waals surface area contributed by atoms with Crippen LogP contribution in [-0.4, -0.2) is 13.1 Å². The Balaban J connectivity index is 1.61. The Hall–Kier alpha value is -4.32. The normalized spacial score (nSPS) is 11.1. The standard InChI is InChI=1S/C26H18O6/c1-15-6-3-4-8-18(15)26(28)30-17-10-11-21-19(13-17)20(14-24(27)31-21)23-12-16-7-5-9-22(29-2)25(16)32-23/h3-14H,1-2H3. The summed E-state index contributed by atoms with van der Waals surface area (Å²) in [4.78, 5) is 24.8. The summed E-state index contributed by atoms with van der Waals surface area (Å²) in [7, 11) is 1.57. The van der Waals surface area contributed by atoms with Crippen molar-refractivity contribution >= 4 is 27.9 Å². The Morgan fingerprint density at radius 3 is 2.56 bits per heavy atom. The lowest BCUT2D eigenvalue weighted by Gasteiger charge is -2.08. The van der Waals surface area contributed by atoms with E-state index in [9.17, 15) is 9.59 Å². The number of esters is 1. The first-order chi connectivity index (χ1) is 15.5. The number of hydrogen-bond acceptors (Lipinski definition) is 6. The molecule has 0 aliphatic rings. The van der Waals surface area contributed by atoms with Crippen LogP contribution in [0.5, 0.6) is 11.5 Å². The Labute approximate surface area is 182 Å². The van der Waals surface area contributed by atoms with E-state index in [-0.39, 0.29) is 0 Å². The summed E-state index contributed by atoms with van der Waals surface area (Å²) >= 11 is 0. The van der Waals surface area contributed by atoms with Crippen molar-refractivity contribution in [2.45, 2.75) is 6.92 Å². The number of furan rings is 1. The summed E-state index contributed by atoms with van der Waals surface area (Å²) in [6.45, 7) is 1.85. The minimum Gasteiger partial charge on any atom is -0.493 e. The van der Waals surface area contributed by atoms with Gasteiger partial charge in [-0.1, -0.05) is 30.3 Å². The van der Waals surface area contributed by atoms with E-state index < -0.39 is 11.6 Å². The fraction of sp³-hybridized carbons (Fsp3) is 0.0769. The lowest BCUT2D eigenvalue weighted by Crippen LogP contribution is -2.10. The van der Waals surface area contributed by atoms with Gasteiger partial charge in [-0.15, -0.1) is 0 Å². The minimum atomic E-state index is -0.510. The minimum absolute atomic E-state index is 0.328. The molecule has 0 N–H and O–H groups in total. The highest BCUT2D eigenvalue weighted by atomic mass is 16.5. The molecular weight excluding hydrogens is 408 g/mol. The van der Waals surface area contributed by atoms with Crippen LogP contribution >= 0.6 is 0 Å². The number of hydrogen-bond donors (Lipinski definition) is 0. The van der Waals surface area contributed by atoms with Crippen LogP contribution in [0.4, 0.5) is 0 Å². The molecule has 2 heterocycles. The van der Waals surface area contributed by atoms with Crippen LogP contribution in [0.25, 0.3) is 33.3 Å². The van der Waals surface area contributed by atoms with Crippen LogP contribution in [0.15, 0.2) is 86.4 Å². The van der Waals surface area contributed by atoms with Gasteiger partial charge in [0.25, 0.3) is 0 Å². The van der Waals surface area contributed by atoms with E-state index in [0.29, 0.717) is 44.9 Å². The van der Waals surface area contributed by atoms with Gasteiger partial charge in [0.1, 0.15) is 17.1 Å². The van der Waals surface area contributed by atoms with Crippen LogP contribution in [0.3, 0.4) is 0 Å². The number of para-hydroxylation sites is 1. The SMILES string of the molecule is COc1cccc2cc(-c3cc(=O)oc4ccc(OC(=O)c5ccccc5C)cc34)oc12. The zero-order chi connectivity index (χ0) is 22.2. The van der Waals surface area contributed by atoms with Crippen molar-refractivity contribution in [2.75, 3.05) is 7.11 Å². The maximum Gasteiger partial charge on any atom is 0.343 e. The Bertz CT molecular complexity index is 1540. The second-order valence-corrected chi connectivity index (χ2v) is 7.33. The van der Waals surface area contributed by atoms with Crippen molar-refractivity contribution in [3.63, 3.8) is 0 Å². The first kappa shape index (κ1) is 19.6. The Morgan fingerprint density at radius 2 is 1.75 bits per heavy atom. The number of carbonyl (C=O) groups excluding carboxylic acids is 1. The van der Waals surface area contributed by atoms with Crippen LogP contribution in [0.2, 0.25) is 0 Å². The summed E-state index contributed by atoms with van der Waals surface area (Å²) in [6, 6.07) is 20.8. The molecule has 0 fully saturated rings. The molecule has 2 aromatic heterocycles. The van der Waals surface area contributed by atoms with Gasteiger partial charge in [0.2, 0.25) is 0 Å². The van der Waals surface area contributed by atoms with E-state index >= 15 is 0 Å². The van der Waals surface area contributed by atoms with Crippen molar-refractivity contribution in [3.8, 4) is 22.8 Å². The first-order valence-corrected chi connectivity index (χ1v) is 9.96. The van der Waals surface area contributed by atoms with Gasteiger partial charge in [0, 0.05) is 22.4 Å². The summed E-state index contributed by atoms with van der Waals surface area (Å²) in [6.07, 6.45) is 0. The van der Waals surface area contributed by atoms with E-state index in [1.54, 1.807) is 43.5 Å². The second kappa shape index (κ2) is 7.74. The summed E-state index contributed by atoms with van der Waals surface area (Å²) < 4.78 is 22.3. The van der Waals surface area contributed by atoms with Gasteiger partial charge in [-0.2, -0.15) is 0 Å². The maximum absolute atomic E-state index is 12.6. The van der Waals surface area contributed by atoms with Gasteiger partial charge >= 0.3 is 11.6 Å². The highest BCUT2D eigenvalue weighted by molar-refractivity contribution is 5.97. The molecule has 32 heavy (non-hydrogen) atoms. The number of benzene rings is 3. The van der Waals surface area contributed by atoms with E-state index in [4.69, 9.17) is 18.3 Å². The van der Waals surface area contributed by atoms with Crippen molar-refractivity contribution < 1.29 is 23.1 Å². The summed E-state index contributed by atoms with van der Waals surface area (Å²) in [5, 5.41) is 1.42. The molecule has 0 saturated heterocycles. The van der Waals surface area contributed by atoms with Crippen molar-refractivity contribution in [1.29, 1.82) is 0 Å². The number of carbonyl (C=O) groups is 1. The highest BCUT2D eigenvalue weighted by Gasteiger charge is 2.17. The van der Waals surface area contributed by atoms with Gasteiger partial charge < -0.3 is 18.3 Å². The molecule has 6 heteroatoms. The third kappa shape index (κ3) is 3.41. The van der Waals surface area contributed by atoms with Crippen LogP contribution in [0, 0.1) is 6.92 Å². The van der Waals surface area contributed by atoms with Gasteiger partial charge in [0.15, 0.2) is 11.3 Å². The van der Waals surface area contributed by atoms with Gasteiger partial charge in [0.05, 0.1) is 12.7 Å². The molecule has 0 aliphatic carbocycles. The van der Waals surface area contributed by atoms with Crippen LogP contribution in [0.1, 0.15) is 15.9 Å². The third-order valence-electron chi connectivity index (χ3n) is 5.28. The lowest BCUT2D eigenvalue weighted by atomic mass is 10.1. The fourth-order valence-electron chi connectivity index (χ4n) is 3.70. The van der Waals surface area contributed by atoms with Gasteiger partial charge in [-0.3, -0.25) is 0 Å². The molecule has 0 aliphatic heterocycles. The molecule has 5 aromatic rings. The number of fused-ring (bicyclic) bond motifs is 2. The van der Waals surface area contributed by atoms with E-state index in [0.717, 1.165) is 10.9 Å². The number of rotatable bonds is 4. The highest BCUT2D eigenvalue weighted by Crippen LogP contribution is 2.36. The zero-order valence-electron chi connectivity index (χ0n) is 17.4. The molecule has 158 valence electrons. The second-order valence-electron chi connectivity index (χ2n) is 7.33. The first-order valence-electron chi connectivity index (χ1n) is 9.96. The number of aryl methyl sites for hydroxylation is 1. The van der Waals surface area contributed by atoms with Crippen LogP contribution in [-0.2, 0) is 0 Å². The fourth-order valence-corrected chi connectivity index (χ4v) is 3.70. The number of methoxy groups -OCH3 is 1. The molecule has 0 bridgehead atoms. The van der Waals surface area contributed by atoms with E-state index in [1.165, 1.54) is 6.07 Å². The predicted octanol–water partition coefficient (Wildman–Crippen LogP) is 5.74. The molecular formula is C26H18O6. The van der Waals surface area contributed by atoms with E-state index in [2.05, 4.69) is 0 Å². The smallest absolute Gasteiger partial charge is 0.343 e. The van der Waals surface area contributed by atoms with Crippen LogP contribution < -0.4 is 15.1 Å². The maximum atomic E-state index is 12.6. The lowest BCUT2D eigenvalue weighted by molar-refractivity contribution is 0.0734. The summed E-state index contributed by atoms with van der Waals surface area (Å²) in [5.41, 5.74) is 2.26. The molecule has 0 unspecified atom stereocenters. The quantitative estimate of drug-likeness (QED) is 0.207. The monoisotopic (exact) mass is 426 g/mol. The molecule has 0 amide bonds. The third-order valence-corrected chi connectivity index (χ3v) is 5.28.